The summed E-state index contributed by atoms with van der Waals surface area (Å²) in [5, 5.41) is 5.25. The van der Waals surface area contributed by atoms with Gasteiger partial charge in [0.25, 0.3) is 0 Å². The zero-order valence-electron chi connectivity index (χ0n) is 15.4. The van der Waals surface area contributed by atoms with Gasteiger partial charge in [-0.3, -0.25) is 4.79 Å². The van der Waals surface area contributed by atoms with Gasteiger partial charge in [-0.1, -0.05) is 54.1 Å². The number of sulfonamides is 1. The van der Waals surface area contributed by atoms with Crippen molar-refractivity contribution in [2.45, 2.75) is 24.3 Å². The van der Waals surface area contributed by atoms with Gasteiger partial charge in [0.05, 0.1) is 10.9 Å². The molecule has 0 saturated carbocycles. The van der Waals surface area contributed by atoms with E-state index in [1.54, 1.807) is 30.3 Å². The third kappa shape index (κ3) is 5.10. The molecule has 1 atom stereocenters. The average Bonchev–Trinajstić information content (AvgIpc) is 2.67. The Bertz CT molecular complexity index is 1100. The Labute approximate surface area is 169 Å². The van der Waals surface area contributed by atoms with Crippen LogP contribution in [0.4, 0.5) is 0 Å². The van der Waals surface area contributed by atoms with Gasteiger partial charge in [0.1, 0.15) is 0 Å². The lowest BCUT2D eigenvalue weighted by Gasteiger charge is -2.15. The molecule has 2 N–H and O–H groups in total. The molecule has 3 rings (SSSR count). The van der Waals surface area contributed by atoms with E-state index in [1.165, 1.54) is 0 Å². The van der Waals surface area contributed by atoms with Crippen molar-refractivity contribution in [3.05, 3.63) is 77.3 Å². The van der Waals surface area contributed by atoms with Crippen LogP contribution in [0.2, 0.25) is 5.02 Å². The molecule has 3 aromatic carbocycles. The number of halogens is 1. The topological polar surface area (TPSA) is 75.3 Å². The minimum atomic E-state index is -3.68. The number of carbonyl (C=O) groups excluding carboxylic acids is 1. The summed E-state index contributed by atoms with van der Waals surface area (Å²) in [5.74, 6) is -0.242. The highest BCUT2D eigenvalue weighted by atomic mass is 35.5. The van der Waals surface area contributed by atoms with Crippen molar-refractivity contribution in [3.8, 4) is 0 Å². The first kappa shape index (κ1) is 20.3. The van der Waals surface area contributed by atoms with Gasteiger partial charge in [0.2, 0.25) is 15.9 Å². The lowest BCUT2D eigenvalue weighted by Crippen LogP contribution is -2.32. The van der Waals surface area contributed by atoms with Crippen molar-refractivity contribution in [3.63, 3.8) is 0 Å². The van der Waals surface area contributed by atoms with Gasteiger partial charge in [-0.25, -0.2) is 13.1 Å². The molecule has 7 heteroatoms. The molecular weight excluding hydrogens is 396 g/mol. The van der Waals surface area contributed by atoms with Gasteiger partial charge >= 0.3 is 0 Å². The summed E-state index contributed by atoms with van der Waals surface area (Å²) >= 11 is 5.96. The molecule has 0 radical (unpaired) electrons. The normalized spacial score (nSPS) is 12.6. The zero-order valence-corrected chi connectivity index (χ0v) is 16.9. The van der Waals surface area contributed by atoms with Crippen LogP contribution in [0.1, 0.15) is 24.9 Å². The third-order valence-electron chi connectivity index (χ3n) is 4.40. The van der Waals surface area contributed by atoms with Crippen LogP contribution in [-0.4, -0.2) is 20.9 Å². The molecule has 0 aliphatic heterocycles. The van der Waals surface area contributed by atoms with E-state index >= 15 is 0 Å². The van der Waals surface area contributed by atoms with E-state index in [-0.39, 0.29) is 29.8 Å². The maximum atomic E-state index is 12.5. The summed E-state index contributed by atoms with van der Waals surface area (Å²) in [5.41, 5.74) is 0.887. The molecule has 1 amide bonds. The van der Waals surface area contributed by atoms with Gasteiger partial charge in [0, 0.05) is 18.0 Å². The largest absolute Gasteiger partial charge is 0.350 e. The van der Waals surface area contributed by atoms with Gasteiger partial charge in [-0.2, -0.15) is 0 Å². The lowest BCUT2D eigenvalue weighted by atomic mass is 10.1. The van der Waals surface area contributed by atoms with Crippen molar-refractivity contribution >= 4 is 38.3 Å². The highest BCUT2D eigenvalue weighted by molar-refractivity contribution is 7.89. The van der Waals surface area contributed by atoms with Crippen LogP contribution in [0.15, 0.2) is 71.6 Å². The van der Waals surface area contributed by atoms with E-state index in [9.17, 15) is 13.2 Å². The number of benzene rings is 3. The van der Waals surface area contributed by atoms with Crippen molar-refractivity contribution < 1.29 is 13.2 Å². The second kappa shape index (κ2) is 8.73. The van der Waals surface area contributed by atoms with E-state index in [0.29, 0.717) is 5.02 Å². The number of fused-ring (bicyclic) bond motifs is 1. The first-order chi connectivity index (χ1) is 13.3. The highest BCUT2D eigenvalue weighted by Gasteiger charge is 2.15. The van der Waals surface area contributed by atoms with Crippen molar-refractivity contribution in [2.24, 2.45) is 0 Å². The average molecular weight is 417 g/mol. The molecule has 3 aromatic rings. The van der Waals surface area contributed by atoms with E-state index < -0.39 is 10.0 Å². The first-order valence-corrected chi connectivity index (χ1v) is 10.7. The van der Waals surface area contributed by atoms with Gasteiger partial charge in [-0.05, 0) is 47.5 Å². The molecule has 0 unspecified atom stereocenters. The summed E-state index contributed by atoms with van der Waals surface area (Å²) in [6.07, 6.45) is 0.0394. The molecule has 0 fully saturated rings. The van der Waals surface area contributed by atoms with E-state index in [0.717, 1.165) is 16.3 Å². The quantitative estimate of drug-likeness (QED) is 0.610. The first-order valence-electron chi connectivity index (χ1n) is 8.88. The van der Waals surface area contributed by atoms with E-state index in [1.807, 2.05) is 43.3 Å². The molecule has 0 bridgehead atoms. The smallest absolute Gasteiger partial charge is 0.240 e. The predicted octanol–water partition coefficient (Wildman–Crippen LogP) is 4.04. The molecule has 0 aliphatic rings. The highest BCUT2D eigenvalue weighted by Crippen LogP contribution is 2.19. The third-order valence-corrected chi connectivity index (χ3v) is 6.10. The number of nitrogens with one attached hydrogen (secondary N) is 2. The number of hydrogen-bond acceptors (Lipinski definition) is 3. The maximum absolute atomic E-state index is 12.5. The van der Waals surface area contributed by atoms with Gasteiger partial charge in [0.15, 0.2) is 0 Å². The van der Waals surface area contributed by atoms with Crippen LogP contribution >= 0.6 is 11.6 Å². The Hall–Kier alpha value is -2.41. The Balaban J connectivity index is 1.56. The fourth-order valence-electron chi connectivity index (χ4n) is 2.89. The fraction of sp³-hybridized carbons (Fsp3) is 0.190. The summed E-state index contributed by atoms with van der Waals surface area (Å²) < 4.78 is 27.4. The lowest BCUT2D eigenvalue weighted by molar-refractivity contribution is -0.121. The standard InChI is InChI=1S/C21H21ClN2O3S/c1-15(17-7-4-8-19(22)13-17)24-21(25)11-12-23-28(26,27)20-10-9-16-5-2-3-6-18(16)14-20/h2-10,13-15,23H,11-12H2,1H3,(H,24,25)/t15-/m1/s1. The molecule has 5 nitrogen and oxygen atoms in total. The van der Waals surface area contributed by atoms with Crippen LogP contribution in [-0.2, 0) is 14.8 Å². The SMILES string of the molecule is C[C@@H](NC(=O)CCNS(=O)(=O)c1ccc2ccccc2c1)c1cccc(Cl)c1. The zero-order chi connectivity index (χ0) is 20.1. The number of hydrogen-bond donors (Lipinski definition) is 2. The van der Waals surface area contributed by atoms with Crippen LogP contribution in [0.3, 0.4) is 0 Å². The molecule has 0 heterocycles. The molecule has 0 aliphatic carbocycles. The maximum Gasteiger partial charge on any atom is 0.240 e. The summed E-state index contributed by atoms with van der Waals surface area (Å²) in [4.78, 5) is 12.3. The second-order valence-electron chi connectivity index (χ2n) is 6.50. The summed E-state index contributed by atoms with van der Waals surface area (Å²) in [6, 6.07) is 19.5. The predicted molar refractivity (Wildman–Crippen MR) is 112 cm³/mol. The van der Waals surface area contributed by atoms with Crippen molar-refractivity contribution in [1.82, 2.24) is 10.0 Å². The van der Waals surface area contributed by atoms with Gasteiger partial charge < -0.3 is 5.32 Å². The number of rotatable bonds is 7. The molecule has 146 valence electrons. The monoisotopic (exact) mass is 416 g/mol. The van der Waals surface area contributed by atoms with Crippen LogP contribution in [0.5, 0.6) is 0 Å². The Morgan fingerprint density at radius 1 is 1.00 bits per heavy atom. The Kier molecular flexibility index (Phi) is 6.34. The van der Waals surface area contributed by atoms with E-state index in [2.05, 4.69) is 10.0 Å². The molecule has 0 spiro atoms. The van der Waals surface area contributed by atoms with Crippen LogP contribution in [0.25, 0.3) is 10.8 Å². The van der Waals surface area contributed by atoms with Gasteiger partial charge in [-0.15, -0.1) is 0 Å². The fourth-order valence-corrected chi connectivity index (χ4v) is 4.16. The van der Waals surface area contributed by atoms with Crippen molar-refractivity contribution in [1.29, 1.82) is 0 Å². The Morgan fingerprint density at radius 2 is 1.75 bits per heavy atom. The molecule has 0 aromatic heterocycles. The molecular formula is C21H21ClN2O3S. The summed E-state index contributed by atoms with van der Waals surface area (Å²) in [6.45, 7) is 1.87. The van der Waals surface area contributed by atoms with Crippen LogP contribution in [0, 0.1) is 0 Å². The number of carbonyl (C=O) groups is 1. The molecule has 28 heavy (non-hydrogen) atoms. The van der Waals surface area contributed by atoms with E-state index in [4.69, 9.17) is 11.6 Å². The van der Waals surface area contributed by atoms with Crippen LogP contribution < -0.4 is 10.0 Å². The Morgan fingerprint density at radius 3 is 2.50 bits per heavy atom. The summed E-state index contributed by atoms with van der Waals surface area (Å²) in [7, 11) is -3.68. The minimum absolute atomic E-state index is 0.0171. The minimum Gasteiger partial charge on any atom is -0.350 e. The van der Waals surface area contributed by atoms with Crippen molar-refractivity contribution in [2.75, 3.05) is 6.54 Å². The number of amides is 1. The second-order valence-corrected chi connectivity index (χ2v) is 8.70. The molecule has 0 saturated heterocycles.